The van der Waals surface area contributed by atoms with E-state index in [-0.39, 0.29) is 11.3 Å². The number of hydrogen-bond acceptors (Lipinski definition) is 4. The van der Waals surface area contributed by atoms with E-state index in [1.165, 1.54) is 18.2 Å². The fraction of sp³-hybridized carbons (Fsp3) is 0.158. The summed E-state index contributed by atoms with van der Waals surface area (Å²) in [5.74, 6) is -5.10. The van der Waals surface area contributed by atoms with Crippen molar-refractivity contribution < 1.29 is 22.5 Å². The number of carbonyl (C=O) groups is 1. The first kappa shape index (κ1) is 19.2. The van der Waals surface area contributed by atoms with Crippen LogP contribution in [-0.4, -0.2) is 21.1 Å². The van der Waals surface area contributed by atoms with Crippen LogP contribution in [0.2, 0.25) is 0 Å². The number of hydrogen-bond donors (Lipinski definition) is 1. The number of fused-ring (bicyclic) bond motifs is 1. The van der Waals surface area contributed by atoms with Crippen LogP contribution in [-0.2, 0) is 11.4 Å². The average molecular weight is 392 g/mol. The zero-order valence-corrected chi connectivity index (χ0v) is 15.1. The molecule has 0 saturated heterocycles. The Morgan fingerprint density at radius 3 is 2.70 bits per heavy atom. The molecule has 1 unspecified atom stereocenters. The second kappa shape index (κ2) is 7.98. The number of ketones is 1. The van der Waals surface area contributed by atoms with Crippen LogP contribution in [0.25, 0.3) is 10.9 Å². The summed E-state index contributed by atoms with van der Waals surface area (Å²) >= 11 is -1.68. The summed E-state index contributed by atoms with van der Waals surface area (Å²) in [5, 5.41) is 0.600. The van der Waals surface area contributed by atoms with Gasteiger partial charge in [-0.2, -0.15) is 0 Å². The maximum absolute atomic E-state index is 14.7. The van der Waals surface area contributed by atoms with Gasteiger partial charge >= 0.3 is 0 Å². The van der Waals surface area contributed by atoms with Crippen molar-refractivity contribution in [3.63, 3.8) is 0 Å². The number of pyridine rings is 1. The highest BCUT2D eigenvalue weighted by atomic mass is 32.2. The molecule has 0 bridgehead atoms. The molecule has 0 radical (unpaired) electrons. The van der Waals surface area contributed by atoms with Gasteiger partial charge in [0.2, 0.25) is 0 Å². The highest BCUT2D eigenvalue weighted by molar-refractivity contribution is 7.92. The fourth-order valence-corrected chi connectivity index (χ4v) is 3.46. The van der Waals surface area contributed by atoms with Crippen molar-refractivity contribution in [1.29, 1.82) is 0 Å². The van der Waals surface area contributed by atoms with E-state index in [1.807, 2.05) is 0 Å². The van der Waals surface area contributed by atoms with Crippen LogP contribution in [0.3, 0.4) is 0 Å². The maximum Gasteiger partial charge on any atom is 0.199 e. The van der Waals surface area contributed by atoms with Crippen LogP contribution >= 0.6 is 0 Å². The Morgan fingerprint density at radius 2 is 1.96 bits per heavy atom. The molecule has 0 aliphatic heterocycles. The van der Waals surface area contributed by atoms with Gasteiger partial charge in [-0.25, -0.2) is 17.9 Å². The topological polar surface area (TPSA) is 65.0 Å². The molecule has 0 spiro atoms. The molecule has 2 aromatic carbocycles. The minimum Gasteiger partial charge on any atom is -0.593 e. The first-order chi connectivity index (χ1) is 12.9. The van der Waals surface area contributed by atoms with Crippen molar-refractivity contribution in [3.05, 3.63) is 71.2 Å². The number of halogens is 3. The number of benzene rings is 2. The Hall–Kier alpha value is -2.58. The predicted octanol–water partition coefficient (Wildman–Crippen LogP) is 4.37. The lowest BCUT2D eigenvalue weighted by atomic mass is 9.99. The zero-order chi connectivity index (χ0) is 19.6. The molecule has 1 heterocycles. The molecule has 1 atom stereocenters. The molecule has 0 aliphatic rings. The molecule has 0 fully saturated rings. The molecule has 0 aliphatic carbocycles. The van der Waals surface area contributed by atoms with Crippen molar-refractivity contribution >= 4 is 33.7 Å². The van der Waals surface area contributed by atoms with Gasteiger partial charge in [0.25, 0.3) is 0 Å². The highest BCUT2D eigenvalue weighted by Gasteiger charge is 2.27. The summed E-state index contributed by atoms with van der Waals surface area (Å²) in [6.45, 7) is 1.77. The number of anilines is 1. The number of nitrogens with one attached hydrogen (secondary N) is 1. The lowest BCUT2D eigenvalue weighted by Gasteiger charge is -2.14. The Kier molecular flexibility index (Phi) is 5.67. The standard InChI is InChI=1S/C19H15F3N2O2S/c1-2-8-27(26)24-15-10-13(20)17(21)16(18(15)22)19(25)12-5-6-14-11(9-12)4-3-7-23-14/h3-7,9-10,24H,2,8H2,1H3. The van der Waals surface area contributed by atoms with Crippen LogP contribution in [0.4, 0.5) is 18.9 Å². The van der Waals surface area contributed by atoms with Crippen LogP contribution in [0, 0.1) is 17.5 Å². The SMILES string of the molecule is CCC[S+]([O-])Nc1cc(F)c(F)c(C(=O)c2ccc3ncccc3c2)c1F. The molecule has 1 aromatic heterocycles. The Morgan fingerprint density at radius 1 is 1.19 bits per heavy atom. The van der Waals surface area contributed by atoms with E-state index < -0.39 is 45.8 Å². The summed E-state index contributed by atoms with van der Waals surface area (Å²) in [6.07, 6.45) is 2.12. The van der Waals surface area contributed by atoms with Crippen molar-refractivity contribution in [1.82, 2.24) is 4.98 Å². The van der Waals surface area contributed by atoms with Crippen molar-refractivity contribution in [2.75, 3.05) is 10.5 Å². The van der Waals surface area contributed by atoms with Crippen LogP contribution in [0.5, 0.6) is 0 Å². The molecule has 3 aromatic rings. The van der Waals surface area contributed by atoms with Crippen molar-refractivity contribution in [2.45, 2.75) is 13.3 Å². The molecule has 140 valence electrons. The van der Waals surface area contributed by atoms with Gasteiger partial charge in [0.05, 0.1) is 22.4 Å². The summed E-state index contributed by atoms with van der Waals surface area (Å²) in [4.78, 5) is 16.8. The molecule has 4 nitrogen and oxygen atoms in total. The van der Waals surface area contributed by atoms with E-state index in [9.17, 15) is 22.5 Å². The van der Waals surface area contributed by atoms with E-state index in [0.29, 0.717) is 23.4 Å². The molecule has 27 heavy (non-hydrogen) atoms. The third-order valence-electron chi connectivity index (χ3n) is 3.86. The minimum atomic E-state index is -1.68. The Balaban J connectivity index is 2.05. The lowest BCUT2D eigenvalue weighted by Crippen LogP contribution is -2.19. The smallest absolute Gasteiger partial charge is 0.199 e. The predicted molar refractivity (Wildman–Crippen MR) is 98.4 cm³/mol. The van der Waals surface area contributed by atoms with E-state index in [0.717, 1.165) is 0 Å². The normalized spacial score (nSPS) is 12.2. The molecule has 0 amide bonds. The maximum atomic E-state index is 14.7. The van der Waals surface area contributed by atoms with E-state index >= 15 is 0 Å². The number of rotatable bonds is 6. The first-order valence-corrected chi connectivity index (χ1v) is 9.46. The van der Waals surface area contributed by atoms with Gasteiger partial charge in [0.15, 0.2) is 23.2 Å². The summed E-state index contributed by atoms with van der Waals surface area (Å²) in [6, 6.07) is 8.23. The average Bonchev–Trinajstić information content (AvgIpc) is 2.66. The molecular weight excluding hydrogens is 377 g/mol. The molecule has 8 heteroatoms. The Bertz CT molecular complexity index is 1010. The zero-order valence-electron chi connectivity index (χ0n) is 14.3. The summed E-state index contributed by atoms with van der Waals surface area (Å²) in [7, 11) is 0. The number of nitrogens with zero attached hydrogens (tertiary/aromatic N) is 1. The second-order valence-corrected chi connectivity index (χ2v) is 7.10. The lowest BCUT2D eigenvalue weighted by molar-refractivity contribution is 0.103. The van der Waals surface area contributed by atoms with Crippen molar-refractivity contribution in [2.24, 2.45) is 0 Å². The van der Waals surface area contributed by atoms with Gasteiger partial charge in [-0.15, -0.1) is 0 Å². The third kappa shape index (κ3) is 3.91. The molecule has 3 rings (SSSR count). The highest BCUT2D eigenvalue weighted by Crippen LogP contribution is 2.28. The van der Waals surface area contributed by atoms with E-state index in [4.69, 9.17) is 0 Å². The summed E-state index contributed by atoms with van der Waals surface area (Å²) in [5.41, 5.74) is -0.966. The van der Waals surface area contributed by atoms with Gasteiger partial charge < -0.3 is 4.55 Å². The van der Waals surface area contributed by atoms with Gasteiger partial charge in [0, 0.05) is 23.2 Å². The first-order valence-electron chi connectivity index (χ1n) is 8.14. The largest absolute Gasteiger partial charge is 0.593 e. The Labute approximate surface area is 156 Å². The fourth-order valence-electron chi connectivity index (χ4n) is 2.60. The monoisotopic (exact) mass is 392 g/mol. The number of aromatic nitrogens is 1. The van der Waals surface area contributed by atoms with Gasteiger partial charge in [0.1, 0.15) is 11.4 Å². The van der Waals surface area contributed by atoms with Crippen LogP contribution in [0.1, 0.15) is 29.3 Å². The van der Waals surface area contributed by atoms with Gasteiger partial charge in [-0.05, 0) is 30.7 Å². The van der Waals surface area contributed by atoms with Crippen LogP contribution < -0.4 is 4.72 Å². The van der Waals surface area contributed by atoms with E-state index in [2.05, 4.69) is 9.71 Å². The molecular formula is C19H15F3N2O2S. The van der Waals surface area contributed by atoms with E-state index in [1.54, 1.807) is 25.3 Å². The van der Waals surface area contributed by atoms with Crippen molar-refractivity contribution in [3.8, 4) is 0 Å². The number of carbonyl (C=O) groups excluding carboxylic acids is 1. The summed E-state index contributed by atoms with van der Waals surface area (Å²) < 4.78 is 57.0. The molecule has 0 saturated carbocycles. The quantitative estimate of drug-likeness (QED) is 0.384. The molecule has 1 N–H and O–H groups in total. The second-order valence-electron chi connectivity index (χ2n) is 5.80. The van der Waals surface area contributed by atoms with Gasteiger partial charge in [-0.1, -0.05) is 13.0 Å². The third-order valence-corrected chi connectivity index (χ3v) is 5.09. The van der Waals surface area contributed by atoms with Crippen LogP contribution in [0.15, 0.2) is 42.6 Å². The minimum absolute atomic E-state index is 0.0143. The van der Waals surface area contributed by atoms with Gasteiger partial charge in [-0.3, -0.25) is 9.78 Å².